The van der Waals surface area contributed by atoms with Gasteiger partial charge in [-0.2, -0.15) is 0 Å². The molecule has 2 N–H and O–H groups in total. The highest BCUT2D eigenvalue weighted by atomic mass is 35.5. The molecular formula is C11H10ClF3O4. The van der Waals surface area contributed by atoms with Crippen molar-refractivity contribution in [3.05, 3.63) is 29.3 Å². The van der Waals surface area contributed by atoms with Gasteiger partial charge in [-0.15, -0.1) is 24.8 Å². The Bertz CT molecular complexity index is 450. The Kier molecular flexibility index (Phi) is 5.16. The minimum Gasteiger partial charge on any atom is -0.406 e. The number of hydrogen-bond donors (Lipinski definition) is 2. The van der Waals surface area contributed by atoms with Gasteiger partial charge in [-0.25, -0.2) is 0 Å². The van der Waals surface area contributed by atoms with Gasteiger partial charge in [-0.1, -0.05) is 0 Å². The zero-order valence-corrected chi connectivity index (χ0v) is 10.1. The van der Waals surface area contributed by atoms with E-state index < -0.39 is 24.3 Å². The second kappa shape index (κ2) is 6.23. The first kappa shape index (κ1) is 15.7. The highest BCUT2D eigenvalue weighted by Crippen LogP contribution is 2.28. The van der Waals surface area contributed by atoms with Crippen molar-refractivity contribution in [2.75, 3.05) is 5.88 Å². The van der Waals surface area contributed by atoms with Crippen molar-refractivity contribution in [3.8, 4) is 5.75 Å². The molecular weight excluding hydrogens is 289 g/mol. The van der Waals surface area contributed by atoms with Gasteiger partial charge in [0.15, 0.2) is 0 Å². The summed E-state index contributed by atoms with van der Waals surface area (Å²) in [5, 5.41) is 19.0. The molecule has 0 amide bonds. The molecule has 0 bridgehead atoms. The van der Waals surface area contributed by atoms with Crippen LogP contribution in [0.3, 0.4) is 0 Å². The zero-order chi connectivity index (χ0) is 14.6. The van der Waals surface area contributed by atoms with Crippen LogP contribution in [0.2, 0.25) is 0 Å². The van der Waals surface area contributed by atoms with E-state index in [1.807, 2.05) is 0 Å². The van der Waals surface area contributed by atoms with Gasteiger partial charge in [0, 0.05) is 5.56 Å². The summed E-state index contributed by atoms with van der Waals surface area (Å²) in [6, 6.07) is 2.88. The zero-order valence-electron chi connectivity index (χ0n) is 9.39. The molecule has 0 radical (unpaired) electrons. The van der Waals surface area contributed by atoms with Gasteiger partial charge in [-0.3, -0.25) is 4.79 Å². The third kappa shape index (κ3) is 4.70. The van der Waals surface area contributed by atoms with Crippen molar-refractivity contribution in [2.45, 2.75) is 18.6 Å². The van der Waals surface area contributed by atoms with E-state index in [0.717, 1.165) is 18.2 Å². The van der Waals surface area contributed by atoms with Crippen molar-refractivity contribution in [1.82, 2.24) is 0 Å². The van der Waals surface area contributed by atoms with E-state index in [1.54, 1.807) is 0 Å². The molecule has 4 nitrogen and oxygen atoms in total. The average molecular weight is 299 g/mol. The second-order valence-electron chi connectivity index (χ2n) is 3.67. The number of carbonyl (C=O) groups is 1. The summed E-state index contributed by atoms with van der Waals surface area (Å²) in [5.41, 5.74) is -0.227. The molecule has 1 aromatic rings. The SMILES string of the molecule is O=Cc1cc(OC(F)(F)F)cc(C(O)C(O)CCl)c1. The fourth-order valence-electron chi connectivity index (χ4n) is 1.38. The number of benzene rings is 1. The summed E-state index contributed by atoms with van der Waals surface area (Å²) in [4.78, 5) is 10.6. The van der Waals surface area contributed by atoms with Crippen molar-refractivity contribution >= 4 is 17.9 Å². The van der Waals surface area contributed by atoms with E-state index in [4.69, 9.17) is 11.6 Å². The molecule has 1 rings (SSSR count). The minimum absolute atomic E-state index is 0.1000. The Labute approximate surface area is 111 Å². The Balaban J connectivity index is 3.11. The van der Waals surface area contributed by atoms with Crippen molar-refractivity contribution in [3.63, 3.8) is 0 Å². The molecule has 0 spiro atoms. The molecule has 19 heavy (non-hydrogen) atoms. The van der Waals surface area contributed by atoms with Crippen molar-refractivity contribution in [2.24, 2.45) is 0 Å². The van der Waals surface area contributed by atoms with Crippen LogP contribution in [0.4, 0.5) is 13.2 Å². The lowest BCUT2D eigenvalue weighted by molar-refractivity contribution is -0.274. The molecule has 0 fully saturated rings. The summed E-state index contributed by atoms with van der Waals surface area (Å²) in [6.45, 7) is 0. The molecule has 8 heteroatoms. The van der Waals surface area contributed by atoms with E-state index in [1.165, 1.54) is 0 Å². The lowest BCUT2D eigenvalue weighted by atomic mass is 10.0. The monoisotopic (exact) mass is 298 g/mol. The number of aliphatic hydroxyl groups is 2. The Morgan fingerprint density at radius 1 is 1.32 bits per heavy atom. The standard InChI is InChI=1S/C11H10ClF3O4/c12-4-9(17)10(18)7-1-6(5-16)2-8(3-7)19-11(13,14)15/h1-3,5,9-10,17-18H,4H2. The average Bonchev–Trinajstić information content (AvgIpc) is 2.34. The predicted molar refractivity (Wildman–Crippen MR) is 60.2 cm³/mol. The maximum atomic E-state index is 12.1. The molecule has 1 aromatic carbocycles. The van der Waals surface area contributed by atoms with Crippen LogP contribution in [-0.4, -0.2) is 34.8 Å². The normalized spacial score (nSPS) is 14.8. The predicted octanol–water partition coefficient (Wildman–Crippen LogP) is 2.03. The maximum absolute atomic E-state index is 12.1. The first-order valence-corrected chi connectivity index (χ1v) is 5.58. The van der Waals surface area contributed by atoms with Gasteiger partial charge >= 0.3 is 6.36 Å². The highest BCUT2D eigenvalue weighted by molar-refractivity contribution is 6.18. The van der Waals surface area contributed by atoms with Crippen molar-refractivity contribution in [1.29, 1.82) is 0 Å². The van der Waals surface area contributed by atoms with Gasteiger partial charge in [0.1, 0.15) is 18.1 Å². The molecule has 106 valence electrons. The highest BCUT2D eigenvalue weighted by Gasteiger charge is 2.31. The molecule has 0 aliphatic heterocycles. The molecule has 0 heterocycles. The second-order valence-corrected chi connectivity index (χ2v) is 3.98. The number of ether oxygens (including phenoxy) is 1. The first-order chi connectivity index (χ1) is 8.76. The fourth-order valence-corrected chi connectivity index (χ4v) is 1.55. The number of aliphatic hydroxyl groups excluding tert-OH is 2. The summed E-state index contributed by atoms with van der Waals surface area (Å²) in [6.07, 6.45) is -7.52. The number of halogens is 4. The van der Waals surface area contributed by atoms with Gasteiger partial charge in [0.05, 0.1) is 12.0 Å². The Morgan fingerprint density at radius 3 is 2.42 bits per heavy atom. The lowest BCUT2D eigenvalue weighted by Gasteiger charge is -2.17. The molecule has 0 saturated heterocycles. The molecule has 2 atom stereocenters. The minimum atomic E-state index is -4.92. The van der Waals surface area contributed by atoms with Crippen LogP contribution in [0.25, 0.3) is 0 Å². The van der Waals surface area contributed by atoms with Gasteiger partial charge in [-0.05, 0) is 23.8 Å². The topological polar surface area (TPSA) is 66.8 Å². The lowest BCUT2D eigenvalue weighted by Crippen LogP contribution is -2.21. The molecule has 0 aliphatic carbocycles. The van der Waals surface area contributed by atoms with Crippen LogP contribution in [0.15, 0.2) is 18.2 Å². The van der Waals surface area contributed by atoms with Gasteiger partial charge in [0.2, 0.25) is 0 Å². The number of aldehydes is 1. The number of alkyl halides is 4. The van der Waals surface area contributed by atoms with Crippen LogP contribution >= 0.6 is 11.6 Å². The number of hydrogen-bond acceptors (Lipinski definition) is 4. The Hall–Kier alpha value is -1.31. The third-order valence-corrected chi connectivity index (χ3v) is 2.50. The van der Waals surface area contributed by atoms with Crippen LogP contribution in [-0.2, 0) is 0 Å². The summed E-state index contributed by atoms with van der Waals surface area (Å²) >= 11 is 5.33. The molecule has 0 aromatic heterocycles. The maximum Gasteiger partial charge on any atom is 0.573 e. The molecule has 2 unspecified atom stereocenters. The van der Waals surface area contributed by atoms with Crippen LogP contribution in [0.1, 0.15) is 22.0 Å². The number of rotatable bonds is 5. The van der Waals surface area contributed by atoms with Gasteiger partial charge in [0.25, 0.3) is 0 Å². The van der Waals surface area contributed by atoms with E-state index in [-0.39, 0.29) is 17.0 Å². The Morgan fingerprint density at radius 2 is 1.95 bits per heavy atom. The number of carbonyl (C=O) groups excluding carboxylic acids is 1. The smallest absolute Gasteiger partial charge is 0.406 e. The first-order valence-electron chi connectivity index (χ1n) is 5.05. The van der Waals surface area contributed by atoms with Crippen LogP contribution in [0.5, 0.6) is 5.75 Å². The molecule has 0 saturated carbocycles. The van der Waals surface area contributed by atoms with Gasteiger partial charge < -0.3 is 14.9 Å². The van der Waals surface area contributed by atoms with E-state index >= 15 is 0 Å². The fraction of sp³-hybridized carbons (Fsp3) is 0.364. The quantitative estimate of drug-likeness (QED) is 0.645. The summed E-state index contributed by atoms with van der Waals surface area (Å²) < 4.78 is 39.9. The largest absolute Gasteiger partial charge is 0.573 e. The van der Waals surface area contributed by atoms with E-state index in [0.29, 0.717) is 6.29 Å². The summed E-state index contributed by atoms with van der Waals surface area (Å²) in [5.74, 6) is -0.977. The third-order valence-electron chi connectivity index (χ3n) is 2.18. The van der Waals surface area contributed by atoms with Crippen molar-refractivity contribution < 1.29 is 32.9 Å². The van der Waals surface area contributed by atoms with Crippen LogP contribution < -0.4 is 4.74 Å². The van der Waals surface area contributed by atoms with Crippen LogP contribution in [0, 0.1) is 0 Å². The summed E-state index contributed by atoms with van der Waals surface area (Å²) in [7, 11) is 0. The van der Waals surface area contributed by atoms with E-state index in [2.05, 4.69) is 4.74 Å². The molecule has 0 aliphatic rings. The van der Waals surface area contributed by atoms with E-state index in [9.17, 15) is 28.2 Å².